The second-order valence-electron chi connectivity index (χ2n) is 6.22. The van der Waals surface area contributed by atoms with Gasteiger partial charge >= 0.3 is 0 Å². The molecular formula is C21H26N2O4. The van der Waals surface area contributed by atoms with Gasteiger partial charge in [0, 0.05) is 13.1 Å². The third kappa shape index (κ3) is 6.11. The number of aliphatic hydroxyl groups excluding tert-OH is 1. The summed E-state index contributed by atoms with van der Waals surface area (Å²) in [4.78, 5) is 26.8. The Labute approximate surface area is 159 Å². The highest BCUT2D eigenvalue weighted by Crippen LogP contribution is 2.16. The Balaban J connectivity index is 2.17. The molecule has 0 saturated heterocycles. The monoisotopic (exact) mass is 370 g/mol. The Hall–Kier alpha value is -2.86. The van der Waals surface area contributed by atoms with Gasteiger partial charge in [-0.05, 0) is 30.2 Å². The molecule has 0 aliphatic heterocycles. The van der Waals surface area contributed by atoms with Crippen LogP contribution in [0.25, 0.3) is 0 Å². The van der Waals surface area contributed by atoms with Crippen LogP contribution in [0.3, 0.4) is 0 Å². The largest absolute Gasteiger partial charge is 0.497 e. The average molecular weight is 370 g/mol. The zero-order valence-electron chi connectivity index (χ0n) is 15.7. The molecule has 0 heterocycles. The van der Waals surface area contributed by atoms with Crippen LogP contribution < -0.4 is 10.1 Å². The lowest BCUT2D eigenvalue weighted by molar-refractivity contribution is -0.140. The van der Waals surface area contributed by atoms with E-state index in [1.165, 1.54) is 0 Å². The van der Waals surface area contributed by atoms with Gasteiger partial charge in [-0.3, -0.25) is 9.59 Å². The second kappa shape index (κ2) is 10.3. The molecule has 27 heavy (non-hydrogen) atoms. The Bertz CT molecular complexity index is 732. The summed E-state index contributed by atoms with van der Waals surface area (Å²) < 4.78 is 5.16. The molecule has 2 amide bonds. The number of amides is 2. The zero-order chi connectivity index (χ0) is 19.6. The van der Waals surface area contributed by atoms with Crippen molar-refractivity contribution in [1.82, 2.24) is 10.2 Å². The maximum Gasteiger partial charge on any atom is 0.242 e. The van der Waals surface area contributed by atoms with Gasteiger partial charge in [-0.15, -0.1) is 0 Å². The molecule has 0 radical (unpaired) electrons. The standard InChI is InChI=1S/C21H26N2O4/c1-16(21(26)22-12-13-24)23(15-18-8-10-19(27-2)11-9-18)20(25)14-17-6-4-3-5-7-17/h3-11,16,24H,12-15H2,1-2H3,(H,22,26)/t16-/m0/s1. The Kier molecular flexibility index (Phi) is 7.82. The van der Waals surface area contributed by atoms with E-state index < -0.39 is 6.04 Å². The number of aliphatic hydroxyl groups is 1. The molecule has 2 aromatic carbocycles. The van der Waals surface area contributed by atoms with E-state index in [2.05, 4.69) is 5.32 Å². The lowest BCUT2D eigenvalue weighted by Crippen LogP contribution is -2.48. The van der Waals surface area contributed by atoms with Gasteiger partial charge in [-0.2, -0.15) is 0 Å². The molecule has 6 heteroatoms. The molecule has 0 fully saturated rings. The molecule has 2 aromatic rings. The molecule has 0 saturated carbocycles. The van der Waals surface area contributed by atoms with E-state index >= 15 is 0 Å². The minimum atomic E-state index is -0.658. The van der Waals surface area contributed by atoms with Crippen LogP contribution in [0.4, 0.5) is 0 Å². The molecule has 0 spiro atoms. The van der Waals surface area contributed by atoms with Gasteiger partial charge in [-0.25, -0.2) is 0 Å². The first-order valence-corrected chi connectivity index (χ1v) is 8.90. The van der Waals surface area contributed by atoms with Crippen molar-refractivity contribution >= 4 is 11.8 Å². The Morgan fingerprint density at radius 1 is 1.07 bits per heavy atom. The van der Waals surface area contributed by atoms with Gasteiger partial charge in [0.15, 0.2) is 0 Å². The number of carbonyl (C=O) groups excluding carboxylic acids is 2. The van der Waals surface area contributed by atoms with Gasteiger partial charge in [0.05, 0.1) is 20.1 Å². The summed E-state index contributed by atoms with van der Waals surface area (Å²) in [6.45, 7) is 2.02. The Morgan fingerprint density at radius 2 is 1.74 bits per heavy atom. The number of hydrogen-bond donors (Lipinski definition) is 2. The third-order valence-electron chi connectivity index (χ3n) is 4.29. The van der Waals surface area contributed by atoms with Gasteiger partial charge in [0.2, 0.25) is 11.8 Å². The fraction of sp³-hybridized carbons (Fsp3) is 0.333. The molecule has 144 valence electrons. The molecule has 2 rings (SSSR count). The van der Waals surface area contributed by atoms with Crippen molar-refractivity contribution in [2.75, 3.05) is 20.3 Å². The van der Waals surface area contributed by atoms with Gasteiger partial charge in [0.25, 0.3) is 0 Å². The lowest BCUT2D eigenvalue weighted by Gasteiger charge is -2.29. The summed E-state index contributed by atoms with van der Waals surface area (Å²) in [5, 5.41) is 11.5. The fourth-order valence-electron chi connectivity index (χ4n) is 2.71. The first-order chi connectivity index (χ1) is 13.0. The second-order valence-corrected chi connectivity index (χ2v) is 6.22. The number of rotatable bonds is 9. The van der Waals surface area contributed by atoms with Crippen molar-refractivity contribution in [2.24, 2.45) is 0 Å². The quantitative estimate of drug-likeness (QED) is 0.705. The molecule has 6 nitrogen and oxygen atoms in total. The molecule has 0 aromatic heterocycles. The maximum absolute atomic E-state index is 12.9. The van der Waals surface area contributed by atoms with E-state index in [0.717, 1.165) is 16.9 Å². The number of hydrogen-bond acceptors (Lipinski definition) is 4. The van der Waals surface area contributed by atoms with E-state index in [4.69, 9.17) is 9.84 Å². The highest BCUT2D eigenvalue weighted by atomic mass is 16.5. The average Bonchev–Trinajstić information content (AvgIpc) is 2.70. The van der Waals surface area contributed by atoms with Crippen molar-refractivity contribution in [2.45, 2.75) is 25.9 Å². The van der Waals surface area contributed by atoms with E-state index in [1.807, 2.05) is 54.6 Å². The topological polar surface area (TPSA) is 78.9 Å². The minimum absolute atomic E-state index is 0.135. The highest BCUT2D eigenvalue weighted by Gasteiger charge is 2.26. The number of benzene rings is 2. The fourth-order valence-corrected chi connectivity index (χ4v) is 2.71. The predicted octanol–water partition coefficient (Wildman–Crippen LogP) is 1.76. The summed E-state index contributed by atoms with van der Waals surface area (Å²) in [5.41, 5.74) is 1.80. The smallest absolute Gasteiger partial charge is 0.242 e. The summed E-state index contributed by atoms with van der Waals surface area (Å²) in [5.74, 6) is 0.303. The van der Waals surface area contributed by atoms with Crippen LogP contribution in [0.2, 0.25) is 0 Å². The molecule has 2 N–H and O–H groups in total. The van der Waals surface area contributed by atoms with Crippen LogP contribution in [-0.2, 0) is 22.6 Å². The molecule has 0 aliphatic carbocycles. The number of ether oxygens (including phenoxy) is 1. The Morgan fingerprint density at radius 3 is 2.33 bits per heavy atom. The summed E-state index contributed by atoms with van der Waals surface area (Å²) in [7, 11) is 1.60. The van der Waals surface area contributed by atoms with E-state index in [0.29, 0.717) is 6.54 Å². The van der Waals surface area contributed by atoms with E-state index in [-0.39, 0.29) is 31.4 Å². The van der Waals surface area contributed by atoms with E-state index in [9.17, 15) is 9.59 Å². The zero-order valence-corrected chi connectivity index (χ0v) is 15.7. The number of carbonyl (C=O) groups is 2. The van der Waals surface area contributed by atoms with Gasteiger partial charge in [0.1, 0.15) is 11.8 Å². The molecule has 0 unspecified atom stereocenters. The van der Waals surface area contributed by atoms with Crippen molar-refractivity contribution < 1.29 is 19.4 Å². The summed E-state index contributed by atoms with van der Waals surface area (Å²) in [6.07, 6.45) is 0.217. The lowest BCUT2D eigenvalue weighted by atomic mass is 10.1. The van der Waals surface area contributed by atoms with Crippen LogP contribution in [0, 0.1) is 0 Å². The predicted molar refractivity (Wildman–Crippen MR) is 103 cm³/mol. The van der Waals surface area contributed by atoms with E-state index in [1.54, 1.807) is 18.9 Å². The maximum atomic E-state index is 12.9. The highest BCUT2D eigenvalue weighted by molar-refractivity contribution is 5.88. The van der Waals surface area contributed by atoms with Crippen molar-refractivity contribution in [3.05, 3.63) is 65.7 Å². The van der Waals surface area contributed by atoms with Gasteiger partial charge < -0.3 is 20.1 Å². The van der Waals surface area contributed by atoms with Crippen LogP contribution in [-0.4, -0.2) is 48.1 Å². The van der Waals surface area contributed by atoms with Crippen molar-refractivity contribution in [1.29, 1.82) is 0 Å². The molecule has 0 aliphatic rings. The van der Waals surface area contributed by atoms with Crippen LogP contribution in [0.15, 0.2) is 54.6 Å². The van der Waals surface area contributed by atoms with Gasteiger partial charge in [-0.1, -0.05) is 42.5 Å². The molecular weight excluding hydrogens is 344 g/mol. The normalized spacial score (nSPS) is 11.5. The third-order valence-corrected chi connectivity index (χ3v) is 4.29. The summed E-state index contributed by atoms with van der Waals surface area (Å²) >= 11 is 0. The minimum Gasteiger partial charge on any atom is -0.497 e. The number of methoxy groups -OCH3 is 1. The van der Waals surface area contributed by atoms with Crippen LogP contribution >= 0.6 is 0 Å². The first-order valence-electron chi connectivity index (χ1n) is 8.90. The van der Waals surface area contributed by atoms with Crippen molar-refractivity contribution in [3.63, 3.8) is 0 Å². The summed E-state index contributed by atoms with van der Waals surface area (Å²) in [6, 6.07) is 16.2. The van der Waals surface area contributed by atoms with Crippen molar-refractivity contribution in [3.8, 4) is 5.75 Å². The molecule has 1 atom stereocenters. The van der Waals surface area contributed by atoms with Crippen LogP contribution in [0.1, 0.15) is 18.1 Å². The number of nitrogens with zero attached hydrogens (tertiary/aromatic N) is 1. The SMILES string of the molecule is COc1ccc(CN(C(=O)Cc2ccccc2)[C@@H](C)C(=O)NCCO)cc1. The van der Waals surface area contributed by atoms with Crippen LogP contribution in [0.5, 0.6) is 5.75 Å². The number of nitrogens with one attached hydrogen (secondary N) is 1. The molecule has 0 bridgehead atoms. The first kappa shape index (κ1) is 20.5.